The largest absolute Gasteiger partial charge is 0.508 e. The molecule has 0 saturated carbocycles. The highest BCUT2D eigenvalue weighted by molar-refractivity contribution is 7.81. The predicted molar refractivity (Wildman–Crippen MR) is 164 cm³/mol. The molecule has 4 amide bonds. The highest BCUT2D eigenvalue weighted by Crippen LogP contribution is 2.18. The van der Waals surface area contributed by atoms with E-state index in [4.69, 9.17) is 5.73 Å². The van der Waals surface area contributed by atoms with Gasteiger partial charge in [0, 0.05) is 11.2 Å². The lowest BCUT2D eigenvalue weighted by atomic mass is 10.00. The number of aromatic hydroxyl groups is 1. The SMILES string of the molecule is CC(C)[C@@H](NC(=O)[C@H](Cc1ccccc1)NC(=O)CNC(=O)[C@H](NC(=O)[C@@H](N)Cc1ccc(O)cc1)C(C)(C)S)C(=O)O. The van der Waals surface area contributed by atoms with Crippen molar-refractivity contribution in [3.05, 3.63) is 65.7 Å². The number of amides is 4. The molecule has 0 aromatic heterocycles. The fourth-order valence-electron chi connectivity index (χ4n) is 4.13. The zero-order valence-corrected chi connectivity index (χ0v) is 25.6. The molecular formula is C30H41N5O7S. The number of rotatable bonds is 15. The second kappa shape index (κ2) is 15.9. The van der Waals surface area contributed by atoms with Crippen molar-refractivity contribution >= 4 is 42.2 Å². The van der Waals surface area contributed by atoms with Crippen molar-refractivity contribution in [3.63, 3.8) is 0 Å². The summed E-state index contributed by atoms with van der Waals surface area (Å²) in [5, 5.41) is 29.0. The first-order chi connectivity index (χ1) is 20.1. The highest BCUT2D eigenvalue weighted by Gasteiger charge is 2.35. The Bertz CT molecular complexity index is 1270. The van der Waals surface area contributed by atoms with E-state index in [1.807, 2.05) is 0 Å². The Hall–Kier alpha value is -4.10. The normalized spacial score (nSPS) is 14.1. The summed E-state index contributed by atoms with van der Waals surface area (Å²) >= 11 is 4.44. The van der Waals surface area contributed by atoms with Crippen molar-refractivity contribution in [1.29, 1.82) is 0 Å². The topological polar surface area (TPSA) is 200 Å². The van der Waals surface area contributed by atoms with Crippen LogP contribution in [0.4, 0.5) is 0 Å². The third kappa shape index (κ3) is 11.6. The van der Waals surface area contributed by atoms with E-state index < -0.39 is 71.0 Å². The maximum absolute atomic E-state index is 13.1. The number of hydrogen-bond acceptors (Lipinski definition) is 8. The van der Waals surface area contributed by atoms with Crippen LogP contribution in [-0.4, -0.2) is 75.3 Å². The monoisotopic (exact) mass is 615 g/mol. The van der Waals surface area contributed by atoms with Crippen molar-refractivity contribution in [2.45, 2.75) is 69.5 Å². The molecule has 0 saturated heterocycles. The standard InChI is InChI=1S/C30H41N5O7S/c1-17(2)24(29(41)42)34-27(39)22(15-18-8-6-5-7-9-18)33-23(37)16-32-28(40)25(30(3,4)43)35-26(38)21(31)14-19-10-12-20(36)13-11-19/h5-13,17,21-22,24-25,36,43H,14-16,31H2,1-4H3,(H,32,40)(H,33,37)(H,34,39)(H,35,38)(H,41,42)/t21-,22-,24+,25-/m0/s1. The molecule has 0 spiro atoms. The lowest BCUT2D eigenvalue weighted by Crippen LogP contribution is -2.60. The van der Waals surface area contributed by atoms with E-state index in [0.717, 1.165) is 5.56 Å². The summed E-state index contributed by atoms with van der Waals surface area (Å²) in [6.45, 7) is 6.00. The van der Waals surface area contributed by atoms with E-state index in [2.05, 4.69) is 33.9 Å². The van der Waals surface area contributed by atoms with Crippen LogP contribution in [0.5, 0.6) is 5.75 Å². The zero-order chi connectivity index (χ0) is 32.3. The van der Waals surface area contributed by atoms with Gasteiger partial charge in [-0.25, -0.2) is 4.79 Å². The van der Waals surface area contributed by atoms with Crippen LogP contribution in [0, 0.1) is 5.92 Å². The Morgan fingerprint density at radius 1 is 0.837 bits per heavy atom. The number of carboxylic acids is 1. The molecule has 12 nitrogen and oxygen atoms in total. The fourth-order valence-corrected chi connectivity index (χ4v) is 4.31. The minimum absolute atomic E-state index is 0.0754. The van der Waals surface area contributed by atoms with Crippen molar-refractivity contribution in [2.24, 2.45) is 11.7 Å². The van der Waals surface area contributed by atoms with E-state index in [1.54, 1.807) is 70.2 Å². The number of aliphatic carboxylic acids is 1. The van der Waals surface area contributed by atoms with Gasteiger partial charge in [-0.05, 0) is 49.4 Å². The van der Waals surface area contributed by atoms with Crippen LogP contribution >= 0.6 is 12.6 Å². The Labute approximate surface area is 256 Å². The van der Waals surface area contributed by atoms with Crippen molar-refractivity contribution in [3.8, 4) is 5.75 Å². The van der Waals surface area contributed by atoms with Crippen LogP contribution in [0.1, 0.15) is 38.8 Å². The molecule has 4 atom stereocenters. The van der Waals surface area contributed by atoms with E-state index in [9.17, 15) is 34.2 Å². The summed E-state index contributed by atoms with van der Waals surface area (Å²) in [5.41, 5.74) is 7.49. The molecule has 0 unspecified atom stereocenters. The number of thiol groups is 1. The van der Waals surface area contributed by atoms with Crippen LogP contribution in [0.2, 0.25) is 0 Å². The molecule has 8 N–H and O–H groups in total. The number of phenols is 1. The summed E-state index contributed by atoms with van der Waals surface area (Å²) < 4.78 is -1.05. The summed E-state index contributed by atoms with van der Waals surface area (Å²) in [6.07, 6.45) is 0.234. The number of benzene rings is 2. The van der Waals surface area contributed by atoms with Gasteiger partial charge in [-0.3, -0.25) is 19.2 Å². The van der Waals surface area contributed by atoms with Crippen LogP contribution in [0.15, 0.2) is 54.6 Å². The first-order valence-electron chi connectivity index (χ1n) is 13.8. The average molecular weight is 616 g/mol. The summed E-state index contributed by atoms with van der Waals surface area (Å²) in [6, 6.07) is 10.6. The number of carbonyl (C=O) groups excluding carboxylic acids is 4. The van der Waals surface area contributed by atoms with Gasteiger partial charge >= 0.3 is 5.97 Å². The van der Waals surface area contributed by atoms with E-state index in [1.165, 1.54) is 12.1 Å². The summed E-state index contributed by atoms with van der Waals surface area (Å²) in [5.74, 6) is -4.23. The van der Waals surface area contributed by atoms with Crippen molar-refractivity contribution in [1.82, 2.24) is 21.3 Å². The highest BCUT2D eigenvalue weighted by atomic mass is 32.1. The quantitative estimate of drug-likeness (QED) is 0.133. The maximum Gasteiger partial charge on any atom is 0.326 e. The maximum atomic E-state index is 13.1. The molecule has 2 aromatic carbocycles. The molecule has 0 aliphatic carbocycles. The molecule has 0 heterocycles. The molecule has 234 valence electrons. The van der Waals surface area contributed by atoms with Crippen LogP contribution in [0.3, 0.4) is 0 Å². The van der Waals surface area contributed by atoms with Crippen LogP contribution < -0.4 is 27.0 Å². The number of carbonyl (C=O) groups is 5. The van der Waals surface area contributed by atoms with E-state index in [0.29, 0.717) is 5.56 Å². The van der Waals surface area contributed by atoms with Crippen LogP contribution in [-0.2, 0) is 36.8 Å². The predicted octanol–water partition coefficient (Wildman–Crippen LogP) is 0.524. The molecule has 0 aliphatic heterocycles. The van der Waals surface area contributed by atoms with E-state index >= 15 is 0 Å². The number of phenolic OH excluding ortho intramolecular Hbond substituents is 1. The van der Waals surface area contributed by atoms with E-state index in [-0.39, 0.29) is 18.6 Å². The third-order valence-electron chi connectivity index (χ3n) is 6.57. The smallest absolute Gasteiger partial charge is 0.326 e. The first kappa shape index (κ1) is 35.1. The molecule has 0 radical (unpaired) electrons. The van der Waals surface area contributed by atoms with Gasteiger partial charge < -0.3 is 37.2 Å². The lowest BCUT2D eigenvalue weighted by Gasteiger charge is -2.30. The Morgan fingerprint density at radius 3 is 1.95 bits per heavy atom. The minimum Gasteiger partial charge on any atom is -0.508 e. The van der Waals surface area contributed by atoms with Gasteiger partial charge in [-0.2, -0.15) is 12.6 Å². The molecule has 0 aliphatic rings. The third-order valence-corrected chi connectivity index (χ3v) is 6.83. The Balaban J connectivity index is 2.07. The summed E-state index contributed by atoms with van der Waals surface area (Å²) in [4.78, 5) is 63.5. The minimum atomic E-state index is -1.20. The van der Waals surface area contributed by atoms with Crippen molar-refractivity contribution in [2.75, 3.05) is 6.54 Å². The lowest BCUT2D eigenvalue weighted by molar-refractivity contribution is -0.143. The van der Waals surface area contributed by atoms with Gasteiger partial charge in [0.25, 0.3) is 0 Å². The summed E-state index contributed by atoms with van der Waals surface area (Å²) in [7, 11) is 0. The number of carboxylic acid groups (broad SMARTS) is 1. The molecule has 43 heavy (non-hydrogen) atoms. The van der Waals surface area contributed by atoms with Crippen molar-refractivity contribution < 1.29 is 34.2 Å². The molecule has 2 rings (SSSR count). The molecular weight excluding hydrogens is 574 g/mol. The van der Waals surface area contributed by atoms with Gasteiger partial charge in [0.1, 0.15) is 23.9 Å². The van der Waals surface area contributed by atoms with Gasteiger partial charge in [0.05, 0.1) is 12.6 Å². The average Bonchev–Trinajstić information content (AvgIpc) is 2.93. The van der Waals surface area contributed by atoms with Gasteiger partial charge in [0.15, 0.2) is 0 Å². The Kier molecular flexibility index (Phi) is 13.0. The number of hydrogen-bond donors (Lipinski definition) is 8. The van der Waals surface area contributed by atoms with Gasteiger partial charge in [0.2, 0.25) is 23.6 Å². The first-order valence-corrected chi connectivity index (χ1v) is 14.2. The molecule has 0 bridgehead atoms. The van der Waals surface area contributed by atoms with Gasteiger partial charge in [-0.15, -0.1) is 0 Å². The second-order valence-electron chi connectivity index (χ2n) is 11.2. The second-order valence-corrected chi connectivity index (χ2v) is 12.3. The van der Waals surface area contributed by atoms with Gasteiger partial charge in [-0.1, -0.05) is 56.3 Å². The van der Waals surface area contributed by atoms with Crippen LogP contribution in [0.25, 0.3) is 0 Å². The molecule has 2 aromatic rings. The zero-order valence-electron chi connectivity index (χ0n) is 24.7. The Morgan fingerprint density at radius 2 is 1.42 bits per heavy atom. The fraction of sp³-hybridized carbons (Fsp3) is 0.433. The molecule has 0 fully saturated rings. The number of nitrogens with one attached hydrogen (secondary N) is 4. The number of nitrogens with two attached hydrogens (primary N) is 1. The molecule has 13 heteroatoms.